The van der Waals surface area contributed by atoms with Gasteiger partial charge in [-0.15, -0.1) is 0 Å². The van der Waals surface area contributed by atoms with Crippen LogP contribution in [-0.2, 0) is 16.0 Å². The fraction of sp³-hybridized carbons (Fsp3) is 0.478. The fourth-order valence-corrected chi connectivity index (χ4v) is 4.14. The van der Waals surface area contributed by atoms with Crippen molar-refractivity contribution in [3.05, 3.63) is 65.2 Å². The third-order valence-electron chi connectivity index (χ3n) is 5.54. The van der Waals surface area contributed by atoms with Crippen molar-refractivity contribution in [3.63, 3.8) is 0 Å². The Morgan fingerprint density at radius 1 is 1.04 bits per heavy atom. The van der Waals surface area contributed by atoms with Gasteiger partial charge in [-0.1, -0.05) is 36.4 Å². The van der Waals surface area contributed by atoms with Gasteiger partial charge in [-0.3, -0.25) is 4.90 Å². The quantitative estimate of drug-likeness (QED) is 0.793. The Balaban J connectivity index is 1.60. The van der Waals surface area contributed by atoms with Crippen LogP contribution in [0.1, 0.15) is 42.6 Å². The molecule has 2 heterocycles. The number of nitrogens with zero attached hydrogens (tertiary/aromatic N) is 1. The van der Waals surface area contributed by atoms with E-state index in [2.05, 4.69) is 54.3 Å². The molecular formula is C23H29NO3. The lowest BCUT2D eigenvalue weighted by atomic mass is 9.98. The molecule has 0 amide bonds. The van der Waals surface area contributed by atoms with Crippen molar-refractivity contribution in [3.8, 4) is 5.75 Å². The standard InChI is InChI=1S/C23H29NO3/c1-2-26-23(18-6-4-3-5-7-18)19-8-9-22-20(16-19)17-24(12-15-27-22)21-10-13-25-14-11-21/h3-9,16,21,23H,2,10-15,17H2,1H3. The van der Waals surface area contributed by atoms with E-state index in [4.69, 9.17) is 14.2 Å². The molecule has 0 spiro atoms. The molecule has 0 saturated carbocycles. The van der Waals surface area contributed by atoms with Crippen molar-refractivity contribution in [2.24, 2.45) is 0 Å². The van der Waals surface area contributed by atoms with Gasteiger partial charge < -0.3 is 14.2 Å². The van der Waals surface area contributed by atoms with E-state index in [0.29, 0.717) is 12.6 Å². The van der Waals surface area contributed by atoms with Gasteiger partial charge >= 0.3 is 0 Å². The van der Waals surface area contributed by atoms with E-state index in [1.807, 2.05) is 6.07 Å². The summed E-state index contributed by atoms with van der Waals surface area (Å²) >= 11 is 0. The molecule has 27 heavy (non-hydrogen) atoms. The molecule has 2 aromatic rings. The summed E-state index contributed by atoms with van der Waals surface area (Å²) in [7, 11) is 0. The van der Waals surface area contributed by atoms with Crippen molar-refractivity contribution in [2.75, 3.05) is 33.0 Å². The van der Waals surface area contributed by atoms with E-state index < -0.39 is 0 Å². The maximum absolute atomic E-state index is 6.11. The van der Waals surface area contributed by atoms with Crippen LogP contribution >= 0.6 is 0 Å². The minimum atomic E-state index is -0.0405. The maximum atomic E-state index is 6.11. The Morgan fingerprint density at radius 3 is 2.63 bits per heavy atom. The second-order valence-corrected chi connectivity index (χ2v) is 7.28. The highest BCUT2D eigenvalue weighted by atomic mass is 16.5. The molecule has 4 nitrogen and oxygen atoms in total. The van der Waals surface area contributed by atoms with Crippen molar-refractivity contribution in [2.45, 2.75) is 38.5 Å². The van der Waals surface area contributed by atoms with Crippen LogP contribution in [-0.4, -0.2) is 43.9 Å². The van der Waals surface area contributed by atoms with E-state index in [9.17, 15) is 0 Å². The normalized spacial score (nSPS) is 19.7. The zero-order chi connectivity index (χ0) is 18.5. The molecule has 0 radical (unpaired) electrons. The lowest BCUT2D eigenvalue weighted by Gasteiger charge is -2.33. The molecule has 0 bridgehead atoms. The van der Waals surface area contributed by atoms with E-state index in [-0.39, 0.29) is 6.10 Å². The van der Waals surface area contributed by atoms with Crippen LogP contribution in [0.4, 0.5) is 0 Å². The maximum Gasteiger partial charge on any atom is 0.123 e. The molecule has 0 N–H and O–H groups in total. The van der Waals surface area contributed by atoms with Crippen molar-refractivity contribution >= 4 is 0 Å². The first kappa shape index (κ1) is 18.5. The summed E-state index contributed by atoms with van der Waals surface area (Å²) in [4.78, 5) is 2.57. The Morgan fingerprint density at radius 2 is 1.85 bits per heavy atom. The third-order valence-corrected chi connectivity index (χ3v) is 5.54. The summed E-state index contributed by atoms with van der Waals surface area (Å²) in [5, 5.41) is 0. The minimum absolute atomic E-state index is 0.0405. The molecule has 4 heteroatoms. The summed E-state index contributed by atoms with van der Waals surface area (Å²) in [6.45, 7) is 7.13. The molecule has 1 fully saturated rings. The topological polar surface area (TPSA) is 30.9 Å². The molecule has 2 aliphatic rings. The highest BCUT2D eigenvalue weighted by Gasteiger charge is 2.25. The lowest BCUT2D eigenvalue weighted by molar-refractivity contribution is 0.0294. The lowest BCUT2D eigenvalue weighted by Crippen LogP contribution is -2.40. The van der Waals surface area contributed by atoms with E-state index >= 15 is 0 Å². The smallest absolute Gasteiger partial charge is 0.123 e. The molecule has 1 atom stereocenters. The summed E-state index contributed by atoms with van der Waals surface area (Å²) in [6.07, 6.45) is 2.18. The fourth-order valence-electron chi connectivity index (χ4n) is 4.14. The van der Waals surface area contributed by atoms with Gasteiger partial charge in [0.15, 0.2) is 0 Å². The number of benzene rings is 2. The molecule has 2 aliphatic heterocycles. The Bertz CT molecular complexity index is 728. The van der Waals surface area contributed by atoms with Gasteiger partial charge in [0.2, 0.25) is 0 Å². The third kappa shape index (κ3) is 4.34. The summed E-state index contributed by atoms with van der Waals surface area (Å²) in [5.74, 6) is 1.01. The molecule has 0 aliphatic carbocycles. The summed E-state index contributed by atoms with van der Waals surface area (Å²) in [6, 6.07) is 17.6. The van der Waals surface area contributed by atoms with Gasteiger partial charge in [-0.2, -0.15) is 0 Å². The molecule has 1 saturated heterocycles. The van der Waals surface area contributed by atoms with Gasteiger partial charge in [0.1, 0.15) is 18.5 Å². The Hall–Kier alpha value is -1.88. The van der Waals surface area contributed by atoms with Crippen LogP contribution in [0.15, 0.2) is 48.5 Å². The van der Waals surface area contributed by atoms with Gasteiger partial charge in [0, 0.05) is 44.5 Å². The molecule has 1 unspecified atom stereocenters. The first-order valence-corrected chi connectivity index (χ1v) is 10.1. The van der Waals surface area contributed by atoms with Gasteiger partial charge in [-0.25, -0.2) is 0 Å². The van der Waals surface area contributed by atoms with Crippen molar-refractivity contribution < 1.29 is 14.2 Å². The van der Waals surface area contributed by atoms with Crippen LogP contribution < -0.4 is 4.74 Å². The van der Waals surface area contributed by atoms with Crippen LogP contribution in [0.25, 0.3) is 0 Å². The predicted octanol–water partition coefficient (Wildman–Crippen LogP) is 4.19. The average molecular weight is 367 g/mol. The summed E-state index contributed by atoms with van der Waals surface area (Å²) in [5.41, 5.74) is 3.64. The zero-order valence-electron chi connectivity index (χ0n) is 16.1. The number of ether oxygens (including phenoxy) is 3. The van der Waals surface area contributed by atoms with Crippen LogP contribution in [0.5, 0.6) is 5.75 Å². The largest absolute Gasteiger partial charge is 0.492 e. The first-order chi connectivity index (χ1) is 13.3. The van der Waals surface area contributed by atoms with Gasteiger partial charge in [0.05, 0.1) is 0 Å². The Kier molecular flexibility index (Phi) is 6.07. The second kappa shape index (κ2) is 8.87. The molecule has 144 valence electrons. The number of fused-ring (bicyclic) bond motifs is 1. The highest BCUT2D eigenvalue weighted by Crippen LogP contribution is 2.32. The SMILES string of the molecule is CCOC(c1ccccc1)c1ccc2c(c1)CN(C1CCOCC1)CCO2. The van der Waals surface area contributed by atoms with Crippen LogP contribution in [0.3, 0.4) is 0 Å². The van der Waals surface area contributed by atoms with Crippen LogP contribution in [0, 0.1) is 0 Å². The number of rotatable bonds is 5. The molecule has 0 aromatic heterocycles. The Labute approximate surface area is 162 Å². The van der Waals surface area contributed by atoms with E-state index in [1.54, 1.807) is 0 Å². The highest BCUT2D eigenvalue weighted by molar-refractivity contribution is 5.41. The monoisotopic (exact) mass is 367 g/mol. The van der Waals surface area contributed by atoms with E-state index in [1.165, 1.54) is 16.7 Å². The number of hydrogen-bond donors (Lipinski definition) is 0. The minimum Gasteiger partial charge on any atom is -0.492 e. The van der Waals surface area contributed by atoms with Crippen LogP contribution in [0.2, 0.25) is 0 Å². The number of hydrogen-bond acceptors (Lipinski definition) is 4. The average Bonchev–Trinajstić information content (AvgIpc) is 2.95. The zero-order valence-corrected chi connectivity index (χ0v) is 16.1. The second-order valence-electron chi connectivity index (χ2n) is 7.28. The molecule has 2 aromatic carbocycles. The molecule has 4 rings (SSSR count). The predicted molar refractivity (Wildman–Crippen MR) is 106 cm³/mol. The summed E-state index contributed by atoms with van der Waals surface area (Å²) < 4.78 is 17.7. The van der Waals surface area contributed by atoms with Gasteiger partial charge in [-0.05, 0) is 43.0 Å². The first-order valence-electron chi connectivity index (χ1n) is 10.1. The van der Waals surface area contributed by atoms with Crippen molar-refractivity contribution in [1.82, 2.24) is 4.90 Å². The van der Waals surface area contributed by atoms with Crippen molar-refractivity contribution in [1.29, 1.82) is 0 Å². The molecular weight excluding hydrogens is 338 g/mol. The van der Waals surface area contributed by atoms with Gasteiger partial charge in [0.25, 0.3) is 0 Å². The van der Waals surface area contributed by atoms with E-state index in [0.717, 1.165) is 51.5 Å².